The van der Waals surface area contributed by atoms with Crippen molar-refractivity contribution in [3.05, 3.63) is 68.1 Å². The molecule has 1 saturated heterocycles. The van der Waals surface area contributed by atoms with Gasteiger partial charge in [0.2, 0.25) is 0 Å². The third-order valence-corrected chi connectivity index (χ3v) is 7.05. The summed E-state index contributed by atoms with van der Waals surface area (Å²) in [5.74, 6) is 0.769. The third-order valence-electron chi connectivity index (χ3n) is 5.77. The van der Waals surface area contributed by atoms with Crippen molar-refractivity contribution in [2.24, 2.45) is 0 Å². The summed E-state index contributed by atoms with van der Waals surface area (Å²) < 4.78 is 7.85. The standard InChI is InChI=1S/C24H29ClN4O2S/c1-4-29-14-20(18(3)26-29)13-27-7-9-28(10-8-27)24(30)23-12-19(16-32-23)15-31-22-11-17(2)5-6-21(22)25/h5-6,11-12,14,16H,4,7-10,13,15H2,1-3H3. The molecule has 0 atom stereocenters. The smallest absolute Gasteiger partial charge is 0.264 e. The average Bonchev–Trinajstić information content (AvgIpc) is 3.41. The molecular weight excluding hydrogens is 444 g/mol. The molecule has 4 rings (SSSR count). The van der Waals surface area contributed by atoms with Crippen LogP contribution in [-0.4, -0.2) is 51.7 Å². The van der Waals surface area contributed by atoms with E-state index in [9.17, 15) is 4.79 Å². The van der Waals surface area contributed by atoms with Crippen LogP contribution in [0.25, 0.3) is 0 Å². The maximum atomic E-state index is 13.0. The van der Waals surface area contributed by atoms with E-state index in [0.717, 1.165) is 61.0 Å². The summed E-state index contributed by atoms with van der Waals surface area (Å²) in [4.78, 5) is 18.1. The molecule has 3 aromatic rings. The molecule has 0 saturated carbocycles. The van der Waals surface area contributed by atoms with Crippen molar-refractivity contribution in [1.82, 2.24) is 19.6 Å². The maximum absolute atomic E-state index is 13.0. The second-order valence-corrected chi connectivity index (χ2v) is 9.52. The molecule has 0 radical (unpaired) electrons. The van der Waals surface area contributed by atoms with Crippen LogP contribution in [0.1, 0.15) is 39.0 Å². The molecule has 0 spiro atoms. The first kappa shape index (κ1) is 22.8. The SMILES string of the molecule is CCn1cc(CN2CCN(C(=O)c3cc(COc4cc(C)ccc4Cl)cs3)CC2)c(C)n1. The minimum atomic E-state index is 0.101. The van der Waals surface area contributed by atoms with Gasteiger partial charge in [-0.3, -0.25) is 14.4 Å². The molecular formula is C24H29ClN4O2S. The molecule has 0 bridgehead atoms. The second-order valence-electron chi connectivity index (χ2n) is 8.21. The molecule has 1 aliphatic heterocycles. The van der Waals surface area contributed by atoms with Gasteiger partial charge in [-0.25, -0.2) is 0 Å². The Morgan fingerprint density at radius 3 is 2.69 bits per heavy atom. The molecule has 2 aromatic heterocycles. The van der Waals surface area contributed by atoms with Crippen molar-refractivity contribution in [3.63, 3.8) is 0 Å². The van der Waals surface area contributed by atoms with Gasteiger partial charge in [0.25, 0.3) is 5.91 Å². The third kappa shape index (κ3) is 5.34. The van der Waals surface area contributed by atoms with Crippen LogP contribution in [0.15, 0.2) is 35.8 Å². The minimum Gasteiger partial charge on any atom is -0.487 e. The van der Waals surface area contributed by atoms with E-state index in [4.69, 9.17) is 16.3 Å². The van der Waals surface area contributed by atoms with Crippen molar-refractivity contribution in [3.8, 4) is 5.75 Å². The average molecular weight is 473 g/mol. The normalized spacial score (nSPS) is 14.7. The van der Waals surface area contributed by atoms with E-state index in [-0.39, 0.29) is 5.91 Å². The fourth-order valence-corrected chi connectivity index (χ4v) is 4.86. The number of carbonyl (C=O) groups excluding carboxylic acids is 1. The van der Waals surface area contributed by atoms with Crippen LogP contribution in [0.3, 0.4) is 0 Å². The van der Waals surface area contributed by atoms with Crippen molar-refractivity contribution >= 4 is 28.8 Å². The Morgan fingerprint density at radius 1 is 1.19 bits per heavy atom. The lowest BCUT2D eigenvalue weighted by Crippen LogP contribution is -2.48. The van der Waals surface area contributed by atoms with Crippen molar-refractivity contribution in [2.45, 2.75) is 40.5 Å². The van der Waals surface area contributed by atoms with Gasteiger partial charge in [0.15, 0.2) is 0 Å². The molecule has 170 valence electrons. The number of hydrogen-bond donors (Lipinski definition) is 0. The summed E-state index contributed by atoms with van der Waals surface area (Å²) in [6.45, 7) is 11.5. The number of rotatable bonds is 7. The minimum absolute atomic E-state index is 0.101. The fraction of sp³-hybridized carbons (Fsp3) is 0.417. The Hall–Kier alpha value is -2.35. The van der Waals surface area contributed by atoms with E-state index < -0.39 is 0 Å². The number of thiophene rings is 1. The van der Waals surface area contributed by atoms with Crippen molar-refractivity contribution in [1.29, 1.82) is 0 Å². The number of amides is 1. The zero-order valence-corrected chi connectivity index (χ0v) is 20.4. The molecule has 3 heterocycles. The molecule has 1 aliphatic rings. The molecule has 1 aromatic carbocycles. The number of hydrogen-bond acceptors (Lipinski definition) is 5. The number of aryl methyl sites for hydroxylation is 3. The highest BCUT2D eigenvalue weighted by Gasteiger charge is 2.24. The number of piperazine rings is 1. The summed E-state index contributed by atoms with van der Waals surface area (Å²) in [6, 6.07) is 7.65. The zero-order chi connectivity index (χ0) is 22.7. The van der Waals surface area contributed by atoms with Gasteiger partial charge in [-0.05, 0) is 49.9 Å². The van der Waals surface area contributed by atoms with Crippen LogP contribution >= 0.6 is 22.9 Å². The Bertz CT molecular complexity index is 1090. The largest absolute Gasteiger partial charge is 0.487 e. The van der Waals surface area contributed by atoms with Crippen LogP contribution in [0.2, 0.25) is 5.02 Å². The number of aromatic nitrogens is 2. The predicted octanol–water partition coefficient (Wildman–Crippen LogP) is 4.77. The van der Waals surface area contributed by atoms with Crippen molar-refractivity contribution < 1.29 is 9.53 Å². The second kappa shape index (κ2) is 10.1. The molecule has 0 unspecified atom stereocenters. The van der Waals surface area contributed by atoms with Gasteiger partial charge in [0.05, 0.1) is 15.6 Å². The first-order valence-electron chi connectivity index (χ1n) is 10.9. The van der Waals surface area contributed by atoms with Crippen LogP contribution in [-0.2, 0) is 19.7 Å². The maximum Gasteiger partial charge on any atom is 0.264 e. The summed E-state index contributed by atoms with van der Waals surface area (Å²) in [6.07, 6.45) is 2.13. The lowest BCUT2D eigenvalue weighted by atomic mass is 10.2. The first-order chi connectivity index (χ1) is 15.4. The Kier molecular flexibility index (Phi) is 7.18. The lowest BCUT2D eigenvalue weighted by molar-refractivity contribution is 0.0633. The number of benzene rings is 1. The summed E-state index contributed by atoms with van der Waals surface area (Å²) in [5, 5.41) is 7.11. The fourth-order valence-electron chi connectivity index (χ4n) is 3.83. The lowest BCUT2D eigenvalue weighted by Gasteiger charge is -2.34. The van der Waals surface area contributed by atoms with Crippen molar-refractivity contribution in [2.75, 3.05) is 26.2 Å². The highest BCUT2D eigenvalue weighted by Crippen LogP contribution is 2.27. The topological polar surface area (TPSA) is 50.6 Å². The first-order valence-corrected chi connectivity index (χ1v) is 12.2. The van der Waals surface area contributed by atoms with E-state index in [1.165, 1.54) is 16.9 Å². The molecule has 0 aliphatic carbocycles. The number of carbonyl (C=O) groups is 1. The summed E-state index contributed by atoms with van der Waals surface area (Å²) in [5.41, 5.74) is 4.44. The number of nitrogens with zero attached hydrogens (tertiary/aromatic N) is 4. The van der Waals surface area contributed by atoms with Crippen LogP contribution in [0.5, 0.6) is 5.75 Å². The van der Waals surface area contributed by atoms with E-state index in [1.54, 1.807) is 0 Å². The van der Waals surface area contributed by atoms with E-state index >= 15 is 0 Å². The highest BCUT2D eigenvalue weighted by atomic mass is 35.5. The molecule has 1 fully saturated rings. The van der Waals surface area contributed by atoms with Gasteiger partial charge in [-0.2, -0.15) is 5.10 Å². The molecule has 8 heteroatoms. The molecule has 0 N–H and O–H groups in total. The van der Waals surface area contributed by atoms with Gasteiger partial charge in [-0.15, -0.1) is 11.3 Å². The van der Waals surface area contributed by atoms with E-state index in [2.05, 4.69) is 30.0 Å². The van der Waals surface area contributed by atoms with Gasteiger partial charge < -0.3 is 9.64 Å². The van der Waals surface area contributed by atoms with Crippen LogP contribution in [0.4, 0.5) is 0 Å². The summed E-state index contributed by atoms with van der Waals surface area (Å²) >= 11 is 7.68. The Balaban J connectivity index is 1.29. The summed E-state index contributed by atoms with van der Waals surface area (Å²) in [7, 11) is 0. The highest BCUT2D eigenvalue weighted by molar-refractivity contribution is 7.12. The monoisotopic (exact) mass is 472 g/mol. The number of ether oxygens (including phenoxy) is 1. The number of halogens is 1. The van der Waals surface area contributed by atoms with E-state index in [1.807, 2.05) is 46.2 Å². The molecule has 6 nitrogen and oxygen atoms in total. The Labute approximate surface area is 198 Å². The van der Waals surface area contributed by atoms with Gasteiger partial charge >= 0.3 is 0 Å². The van der Waals surface area contributed by atoms with Gasteiger partial charge in [0, 0.05) is 56.6 Å². The van der Waals surface area contributed by atoms with E-state index in [0.29, 0.717) is 17.4 Å². The Morgan fingerprint density at radius 2 is 1.97 bits per heavy atom. The van der Waals surface area contributed by atoms with Crippen LogP contribution < -0.4 is 4.74 Å². The van der Waals surface area contributed by atoms with Gasteiger partial charge in [-0.1, -0.05) is 17.7 Å². The van der Waals surface area contributed by atoms with Crippen LogP contribution in [0, 0.1) is 13.8 Å². The quantitative estimate of drug-likeness (QED) is 0.497. The molecule has 1 amide bonds. The molecule has 32 heavy (non-hydrogen) atoms. The zero-order valence-electron chi connectivity index (χ0n) is 18.8. The predicted molar refractivity (Wildman–Crippen MR) is 129 cm³/mol. The van der Waals surface area contributed by atoms with Gasteiger partial charge in [0.1, 0.15) is 12.4 Å².